The maximum absolute atomic E-state index is 14.9. The number of carbonyl (C=O) groups is 6. The highest BCUT2D eigenvalue weighted by atomic mass is 32.1. The average molecular weight is 887 g/mol. The summed E-state index contributed by atoms with van der Waals surface area (Å²) in [4.78, 5) is 94.2. The third-order valence-electron chi connectivity index (χ3n) is 12.1. The predicted octanol–water partition coefficient (Wildman–Crippen LogP) is 5.25. The van der Waals surface area contributed by atoms with Gasteiger partial charge in [0.2, 0.25) is 17.7 Å². The molecule has 3 aromatic rings. The first-order valence-corrected chi connectivity index (χ1v) is 22.7. The molecule has 5 N–H and O–H groups in total. The lowest BCUT2D eigenvalue weighted by Gasteiger charge is -2.34. The number of allylic oxidation sites excluding steroid dienone is 1. The number of fused-ring (bicyclic) bond motifs is 3. The van der Waals surface area contributed by atoms with E-state index in [0.717, 1.165) is 18.0 Å². The topological polar surface area (TPSA) is 221 Å². The molecule has 5 heterocycles. The number of urea groups is 1. The quantitative estimate of drug-likeness (QED) is 0.165. The van der Waals surface area contributed by atoms with Crippen molar-refractivity contribution in [2.45, 2.75) is 128 Å². The number of aromatic nitrogens is 2. The summed E-state index contributed by atoms with van der Waals surface area (Å²) in [5.74, 6) is -2.56. The normalized spacial score (nSPS) is 25.3. The molecule has 1 saturated carbocycles. The highest BCUT2D eigenvalue weighted by molar-refractivity contribution is 7.14. The highest BCUT2D eigenvalue weighted by Gasteiger charge is 2.61. The number of pyridine rings is 1. The van der Waals surface area contributed by atoms with E-state index in [1.807, 2.05) is 37.4 Å². The lowest BCUT2D eigenvalue weighted by atomic mass is 9.86. The van der Waals surface area contributed by atoms with E-state index < -0.39 is 70.8 Å². The number of anilines is 1. The second-order valence-electron chi connectivity index (χ2n) is 18.3. The zero-order valence-corrected chi connectivity index (χ0v) is 37.5. The van der Waals surface area contributed by atoms with E-state index in [4.69, 9.17) is 19.4 Å². The van der Waals surface area contributed by atoms with Crippen LogP contribution in [0.5, 0.6) is 11.5 Å². The van der Waals surface area contributed by atoms with E-state index in [0.29, 0.717) is 53.1 Å². The van der Waals surface area contributed by atoms with Crippen molar-refractivity contribution in [1.82, 2.24) is 35.7 Å². The number of likely N-dealkylation sites (tertiary alicyclic amines) is 1. The van der Waals surface area contributed by atoms with Gasteiger partial charge in [0.1, 0.15) is 47.0 Å². The molecule has 7 rings (SSSR count). The van der Waals surface area contributed by atoms with E-state index in [-0.39, 0.29) is 50.7 Å². The zero-order chi connectivity index (χ0) is 45.2. The van der Waals surface area contributed by atoms with Gasteiger partial charge >= 0.3 is 12.0 Å². The summed E-state index contributed by atoms with van der Waals surface area (Å²) in [6.45, 7) is 9.60. The highest BCUT2D eigenvalue weighted by Crippen LogP contribution is 2.45. The molecule has 63 heavy (non-hydrogen) atoms. The first-order chi connectivity index (χ1) is 30.0. The molecular formula is C45H58N8O9S. The number of thiazole rings is 1. The van der Waals surface area contributed by atoms with Gasteiger partial charge in [-0.2, -0.15) is 0 Å². The summed E-state index contributed by atoms with van der Waals surface area (Å²) in [5.41, 5.74) is -0.575. The van der Waals surface area contributed by atoms with Crippen molar-refractivity contribution in [2.24, 2.45) is 11.3 Å². The number of nitrogens with zero attached hydrogens (tertiary/aromatic N) is 4. The van der Waals surface area contributed by atoms with E-state index in [1.54, 1.807) is 46.1 Å². The van der Waals surface area contributed by atoms with Gasteiger partial charge in [0.25, 0.3) is 5.91 Å². The van der Waals surface area contributed by atoms with Gasteiger partial charge in [-0.05, 0) is 63.5 Å². The maximum Gasteiger partial charge on any atom is 0.330 e. The van der Waals surface area contributed by atoms with Crippen molar-refractivity contribution < 1.29 is 43.3 Å². The molecule has 338 valence electrons. The molecule has 2 aromatic heterocycles. The maximum atomic E-state index is 14.9. The molecule has 18 heteroatoms. The van der Waals surface area contributed by atoms with Gasteiger partial charge in [0, 0.05) is 54.2 Å². The number of amides is 6. The number of rotatable bonds is 10. The fraction of sp³-hybridized carbons (Fsp3) is 0.556. The molecule has 6 amide bonds. The van der Waals surface area contributed by atoms with E-state index in [9.17, 15) is 33.9 Å². The van der Waals surface area contributed by atoms with Crippen LogP contribution < -0.4 is 30.7 Å². The lowest BCUT2D eigenvalue weighted by Crippen LogP contribution is -2.60. The monoisotopic (exact) mass is 886 g/mol. The van der Waals surface area contributed by atoms with Gasteiger partial charge in [-0.3, -0.25) is 24.1 Å². The number of imide groups is 1. The number of hydrogen-bond donors (Lipinski definition) is 5. The number of aliphatic carboxylic acids is 1. The van der Waals surface area contributed by atoms with Crippen LogP contribution in [0.3, 0.4) is 0 Å². The summed E-state index contributed by atoms with van der Waals surface area (Å²) in [7, 11) is 1.56. The molecule has 1 unspecified atom stereocenters. The Hall–Kier alpha value is -5.78. The molecule has 4 aliphatic rings. The number of ether oxygens (including phenoxy) is 2. The molecule has 0 spiro atoms. The molecule has 6 atom stereocenters. The fourth-order valence-corrected chi connectivity index (χ4v) is 9.43. The number of carboxylic acid groups (broad SMARTS) is 1. The Labute approximate surface area is 370 Å². The Morgan fingerprint density at radius 1 is 1.05 bits per heavy atom. The largest absolute Gasteiger partial charge is 0.497 e. The molecular weight excluding hydrogens is 829 g/mol. The van der Waals surface area contributed by atoms with Crippen LogP contribution in [0.4, 0.5) is 9.93 Å². The summed E-state index contributed by atoms with van der Waals surface area (Å²) >= 11 is 1.44. The number of carboxylic acids is 1. The van der Waals surface area contributed by atoms with Crippen LogP contribution in [0.15, 0.2) is 41.8 Å². The number of benzene rings is 1. The molecule has 0 bridgehead atoms. The summed E-state index contributed by atoms with van der Waals surface area (Å²) < 4.78 is 12.2. The van der Waals surface area contributed by atoms with Crippen molar-refractivity contribution in [3.8, 4) is 22.9 Å². The summed E-state index contributed by atoms with van der Waals surface area (Å²) in [6.07, 6.45) is 7.01. The van der Waals surface area contributed by atoms with Gasteiger partial charge in [-0.15, -0.1) is 11.3 Å². The van der Waals surface area contributed by atoms with Crippen LogP contribution in [0.2, 0.25) is 0 Å². The Bertz CT molecular complexity index is 2290. The minimum Gasteiger partial charge on any atom is -0.497 e. The predicted molar refractivity (Wildman–Crippen MR) is 236 cm³/mol. The third-order valence-corrected chi connectivity index (χ3v) is 12.9. The number of carbonyl (C=O) groups excluding carboxylic acids is 5. The molecule has 1 aliphatic carbocycles. The van der Waals surface area contributed by atoms with Crippen LogP contribution in [0.25, 0.3) is 22.3 Å². The fourth-order valence-electron chi connectivity index (χ4n) is 8.58. The second-order valence-corrected chi connectivity index (χ2v) is 19.2. The smallest absolute Gasteiger partial charge is 0.330 e. The Morgan fingerprint density at radius 3 is 2.54 bits per heavy atom. The van der Waals surface area contributed by atoms with Crippen molar-refractivity contribution in [1.29, 1.82) is 0 Å². The van der Waals surface area contributed by atoms with Gasteiger partial charge in [-0.25, -0.2) is 19.6 Å². The van der Waals surface area contributed by atoms with Gasteiger partial charge in [-0.1, -0.05) is 45.8 Å². The van der Waals surface area contributed by atoms with Gasteiger partial charge in [0.05, 0.1) is 24.9 Å². The minimum absolute atomic E-state index is 0.0195. The number of nitrogens with one attached hydrogen (secondary N) is 4. The standard InChI is InChI=1S/C45H58N8O9S/c1-25(2)46-43-49-33(24-63-43)32-21-35(29-17-16-27(61-6)19-31(29)47-32)62-28-20-34-38(55)51-45(41(58)59)22-26(45)13-10-8-7-9-11-14-30(39(56)53(34)23-28)48-42(60)50-37(44(3,4)5)40(57)52-18-12-15-36(52)54/h10,13,16-17,19,21,24-26,28,30,34,37H,7-9,11-12,14-15,18,20,22-23H2,1-6H3,(H,46,49)(H,51,55)(H,58,59)(H2,48,50,60)/b13-10-/t26?,28-,30+,34+,37-,45-/m1/s1. The molecule has 1 aromatic carbocycles. The van der Waals surface area contributed by atoms with Crippen LogP contribution >= 0.6 is 11.3 Å². The van der Waals surface area contributed by atoms with Crippen molar-refractivity contribution >= 4 is 63.0 Å². The van der Waals surface area contributed by atoms with Gasteiger partial charge in [0.15, 0.2) is 5.13 Å². The Morgan fingerprint density at radius 2 is 1.84 bits per heavy atom. The zero-order valence-electron chi connectivity index (χ0n) is 36.7. The third kappa shape index (κ3) is 10.1. The van der Waals surface area contributed by atoms with Crippen LogP contribution in [0, 0.1) is 11.3 Å². The molecule has 2 saturated heterocycles. The Kier molecular flexibility index (Phi) is 13.3. The van der Waals surface area contributed by atoms with E-state index in [2.05, 4.69) is 21.3 Å². The molecule has 0 radical (unpaired) electrons. The summed E-state index contributed by atoms with van der Waals surface area (Å²) in [6, 6.07) is 3.22. The number of hydrogen-bond acceptors (Lipinski definition) is 12. The second kappa shape index (κ2) is 18.5. The van der Waals surface area contributed by atoms with E-state index in [1.165, 1.54) is 21.1 Å². The van der Waals surface area contributed by atoms with Crippen molar-refractivity contribution in [3.63, 3.8) is 0 Å². The minimum atomic E-state index is -1.52. The number of methoxy groups -OCH3 is 1. The van der Waals surface area contributed by atoms with Crippen molar-refractivity contribution in [2.75, 3.05) is 25.5 Å². The molecule has 17 nitrogen and oxygen atoms in total. The van der Waals surface area contributed by atoms with Crippen LogP contribution in [-0.2, 0) is 24.0 Å². The lowest BCUT2D eigenvalue weighted by molar-refractivity contribution is -0.146. The molecule has 3 fully saturated rings. The first kappa shape index (κ1) is 45.3. The molecule has 3 aliphatic heterocycles. The van der Waals surface area contributed by atoms with Crippen LogP contribution in [-0.4, -0.2) is 117 Å². The van der Waals surface area contributed by atoms with Crippen molar-refractivity contribution in [3.05, 3.63) is 41.8 Å². The van der Waals surface area contributed by atoms with Crippen LogP contribution in [0.1, 0.15) is 92.4 Å². The summed E-state index contributed by atoms with van der Waals surface area (Å²) in [5, 5.41) is 25.3. The Balaban J connectivity index is 1.20. The SMILES string of the molecule is COc1ccc2c(O[C@@H]3C[C@H]4C(=O)N[C@]5(C(=O)O)CC5/C=C\CCCCC[C@H](NC(=O)N[C@H](C(=O)N5CCCC5=O)C(C)(C)C)C(=O)N4C3)cc(-c3csc(NC(C)C)n3)nc2c1. The van der Waals surface area contributed by atoms with E-state index >= 15 is 0 Å². The first-order valence-electron chi connectivity index (χ1n) is 21.8. The van der Waals surface area contributed by atoms with Gasteiger partial charge < -0.3 is 40.7 Å². The average Bonchev–Trinajstić information content (AvgIpc) is 3.58.